The Hall–Kier alpha value is -1.57. The molecule has 8 heteroatoms. The maximum atomic E-state index is 12.9. The Labute approximate surface area is 114 Å². The highest BCUT2D eigenvalue weighted by Crippen LogP contribution is 2.32. The van der Waals surface area contributed by atoms with Crippen LogP contribution in [0, 0.1) is 0 Å². The van der Waals surface area contributed by atoms with Crippen molar-refractivity contribution in [1.82, 2.24) is 5.32 Å². The molecule has 0 fully saturated rings. The topological polar surface area (TPSA) is 63.2 Å². The highest BCUT2D eigenvalue weighted by atomic mass is 32.2. The molecule has 112 valence electrons. The summed E-state index contributed by atoms with van der Waals surface area (Å²) in [7, 11) is -3.67. The zero-order chi connectivity index (χ0) is 15.4. The minimum absolute atomic E-state index is 0.151. The van der Waals surface area contributed by atoms with Crippen LogP contribution < -0.4 is 5.32 Å². The lowest BCUT2D eigenvalue weighted by molar-refractivity contribution is -0.162. The van der Waals surface area contributed by atoms with E-state index >= 15 is 0 Å². The molecule has 1 amide bonds. The lowest BCUT2D eigenvalue weighted by Crippen LogP contribution is -2.40. The van der Waals surface area contributed by atoms with Crippen LogP contribution in [-0.2, 0) is 14.6 Å². The Morgan fingerprint density at radius 1 is 1.25 bits per heavy atom. The van der Waals surface area contributed by atoms with Crippen LogP contribution in [0.25, 0.3) is 0 Å². The van der Waals surface area contributed by atoms with Gasteiger partial charge >= 0.3 is 6.18 Å². The van der Waals surface area contributed by atoms with Crippen LogP contribution in [0.4, 0.5) is 13.2 Å². The van der Waals surface area contributed by atoms with Crippen molar-refractivity contribution >= 4 is 15.7 Å². The molecule has 1 aromatic rings. The van der Waals surface area contributed by atoms with Gasteiger partial charge in [-0.15, -0.1) is 0 Å². The van der Waals surface area contributed by atoms with Gasteiger partial charge in [-0.2, -0.15) is 13.2 Å². The average Bonchev–Trinajstić information content (AvgIpc) is 2.35. The number of benzene rings is 1. The molecule has 1 aromatic carbocycles. The number of rotatable bonds is 5. The zero-order valence-corrected chi connectivity index (χ0v) is 11.5. The lowest BCUT2D eigenvalue weighted by atomic mass is 10.1. The third kappa shape index (κ3) is 4.84. The molecular formula is C12H14F3NO3S. The number of carbonyl (C=O) groups excluding carboxylic acids is 1. The van der Waals surface area contributed by atoms with Gasteiger partial charge in [0.15, 0.2) is 15.9 Å². The van der Waals surface area contributed by atoms with E-state index in [9.17, 15) is 26.4 Å². The van der Waals surface area contributed by atoms with Crippen LogP contribution >= 0.6 is 0 Å². The monoisotopic (exact) mass is 309 g/mol. The molecule has 0 aliphatic rings. The number of carbonyl (C=O) groups is 1. The molecule has 0 radical (unpaired) electrons. The maximum Gasteiger partial charge on any atom is 0.412 e. The van der Waals surface area contributed by atoms with Crippen molar-refractivity contribution in [3.05, 3.63) is 35.9 Å². The Bertz CT molecular complexity index is 555. The van der Waals surface area contributed by atoms with Gasteiger partial charge in [0.25, 0.3) is 0 Å². The average molecular weight is 309 g/mol. The Balaban J connectivity index is 2.91. The molecule has 4 nitrogen and oxygen atoms in total. The first-order valence-corrected chi connectivity index (χ1v) is 7.59. The number of hydrogen-bond acceptors (Lipinski definition) is 3. The molecule has 1 N–H and O–H groups in total. The van der Waals surface area contributed by atoms with Gasteiger partial charge in [-0.1, -0.05) is 37.3 Å². The van der Waals surface area contributed by atoms with E-state index in [1.807, 2.05) is 0 Å². The van der Waals surface area contributed by atoms with E-state index < -0.39 is 33.7 Å². The highest BCUT2D eigenvalue weighted by molar-refractivity contribution is 7.92. The minimum Gasteiger partial charge on any atom is -0.340 e. The standard InChI is InChI=1S/C12H14F3NO3S/c1-2-20(18,19)8-10(17)16-11(12(13,14)15)9-6-4-3-5-7-9/h3-7,11H,2,8H2,1H3,(H,16,17). The van der Waals surface area contributed by atoms with E-state index in [0.29, 0.717) is 0 Å². The number of amides is 1. The normalized spacial score (nSPS) is 13.8. The van der Waals surface area contributed by atoms with Crippen LogP contribution in [0.15, 0.2) is 30.3 Å². The van der Waals surface area contributed by atoms with Crippen molar-refractivity contribution in [2.45, 2.75) is 19.1 Å². The summed E-state index contributed by atoms with van der Waals surface area (Å²) in [6.07, 6.45) is -4.70. The fourth-order valence-electron chi connectivity index (χ4n) is 1.50. The summed E-state index contributed by atoms with van der Waals surface area (Å²) in [5, 5.41) is 1.72. The largest absolute Gasteiger partial charge is 0.412 e. The molecule has 1 unspecified atom stereocenters. The summed E-state index contributed by atoms with van der Waals surface area (Å²) in [6.45, 7) is 1.32. The predicted molar refractivity (Wildman–Crippen MR) is 67.7 cm³/mol. The van der Waals surface area contributed by atoms with Gasteiger partial charge in [0.1, 0.15) is 5.75 Å². The van der Waals surface area contributed by atoms with Crippen molar-refractivity contribution in [1.29, 1.82) is 0 Å². The maximum absolute atomic E-state index is 12.9. The van der Waals surface area contributed by atoms with E-state index in [1.54, 1.807) is 11.4 Å². The molecule has 0 aliphatic heterocycles. The summed E-state index contributed by atoms with van der Waals surface area (Å²) >= 11 is 0. The zero-order valence-electron chi connectivity index (χ0n) is 10.6. The van der Waals surface area contributed by atoms with Crippen molar-refractivity contribution in [3.63, 3.8) is 0 Å². The van der Waals surface area contributed by atoms with Crippen LogP contribution in [0.2, 0.25) is 0 Å². The van der Waals surface area contributed by atoms with Gasteiger partial charge in [-0.05, 0) is 5.56 Å². The summed E-state index contributed by atoms with van der Waals surface area (Å²) < 4.78 is 61.2. The van der Waals surface area contributed by atoms with Crippen molar-refractivity contribution in [2.75, 3.05) is 11.5 Å². The summed E-state index contributed by atoms with van der Waals surface area (Å²) in [6, 6.07) is 4.56. The van der Waals surface area contributed by atoms with Gasteiger partial charge < -0.3 is 5.32 Å². The number of nitrogens with one attached hydrogen (secondary N) is 1. The highest BCUT2D eigenvalue weighted by Gasteiger charge is 2.42. The number of halogens is 3. The van der Waals surface area contributed by atoms with E-state index in [0.717, 1.165) is 0 Å². The summed E-state index contributed by atoms with van der Waals surface area (Å²) in [4.78, 5) is 11.5. The first-order chi connectivity index (χ1) is 9.15. The second-order valence-electron chi connectivity index (χ2n) is 4.13. The molecule has 0 heterocycles. The van der Waals surface area contributed by atoms with Crippen molar-refractivity contribution in [3.8, 4) is 0 Å². The summed E-state index contributed by atoms with van der Waals surface area (Å²) in [5.41, 5.74) is -0.151. The van der Waals surface area contributed by atoms with Crippen molar-refractivity contribution < 1.29 is 26.4 Å². The van der Waals surface area contributed by atoms with E-state index in [-0.39, 0.29) is 11.3 Å². The number of sulfone groups is 1. The van der Waals surface area contributed by atoms with Crippen LogP contribution in [0.5, 0.6) is 0 Å². The van der Waals surface area contributed by atoms with Crippen LogP contribution in [0.1, 0.15) is 18.5 Å². The SMILES string of the molecule is CCS(=O)(=O)CC(=O)NC(c1ccccc1)C(F)(F)F. The molecule has 0 bridgehead atoms. The van der Waals surface area contributed by atoms with Crippen LogP contribution in [-0.4, -0.2) is 32.0 Å². The Kier molecular flexibility index (Phi) is 5.15. The second-order valence-corrected chi connectivity index (χ2v) is 6.48. The van der Waals surface area contributed by atoms with E-state index in [1.165, 1.54) is 31.2 Å². The molecule has 0 aromatic heterocycles. The molecule has 0 saturated heterocycles. The van der Waals surface area contributed by atoms with Gasteiger partial charge in [-0.25, -0.2) is 8.42 Å². The molecule has 0 spiro atoms. The summed E-state index contributed by atoms with van der Waals surface area (Å²) in [5.74, 6) is -2.43. The lowest BCUT2D eigenvalue weighted by Gasteiger charge is -2.22. The smallest absolute Gasteiger partial charge is 0.340 e. The molecule has 1 rings (SSSR count). The Morgan fingerprint density at radius 3 is 2.25 bits per heavy atom. The quantitative estimate of drug-likeness (QED) is 0.903. The van der Waals surface area contributed by atoms with E-state index in [4.69, 9.17) is 0 Å². The molecular weight excluding hydrogens is 295 g/mol. The molecule has 20 heavy (non-hydrogen) atoms. The fourth-order valence-corrected chi connectivity index (χ4v) is 2.19. The predicted octanol–water partition coefficient (Wildman–Crippen LogP) is 1.84. The van der Waals surface area contributed by atoms with Gasteiger partial charge in [0, 0.05) is 5.75 Å². The van der Waals surface area contributed by atoms with Gasteiger partial charge in [0.2, 0.25) is 5.91 Å². The number of alkyl halides is 3. The molecule has 0 saturated carbocycles. The first kappa shape index (κ1) is 16.5. The minimum atomic E-state index is -4.70. The van der Waals surface area contributed by atoms with Crippen molar-refractivity contribution in [2.24, 2.45) is 0 Å². The third-order valence-corrected chi connectivity index (χ3v) is 4.14. The van der Waals surface area contributed by atoms with Gasteiger partial charge in [0.05, 0.1) is 0 Å². The first-order valence-electron chi connectivity index (χ1n) is 5.77. The molecule has 1 atom stereocenters. The van der Waals surface area contributed by atoms with Gasteiger partial charge in [-0.3, -0.25) is 4.79 Å². The third-order valence-electron chi connectivity index (χ3n) is 2.56. The Morgan fingerprint density at radius 2 is 1.80 bits per heavy atom. The number of hydrogen-bond donors (Lipinski definition) is 1. The second kappa shape index (κ2) is 6.25. The fraction of sp³-hybridized carbons (Fsp3) is 0.417. The van der Waals surface area contributed by atoms with Crippen LogP contribution in [0.3, 0.4) is 0 Å². The molecule has 0 aliphatic carbocycles. The van der Waals surface area contributed by atoms with E-state index in [2.05, 4.69) is 0 Å².